The topological polar surface area (TPSA) is 49.3 Å². The van der Waals surface area contributed by atoms with Crippen LogP contribution in [0.25, 0.3) is 5.00 Å². The van der Waals surface area contributed by atoms with Crippen molar-refractivity contribution in [3.8, 4) is 5.00 Å². The standard InChI is InChI=1S/C24H30N4OS/c1-5-19(25-24(29)26-20-14-16(2)8-9-17(20)3)22-18-10-13-27(4)15-21(18)30-23(22)28-11-6-7-12-28/h6-9,11-12,14,19H,5,10,13,15H2,1-4H3,(H2,25,26,29)/t19-/m1/s1. The van der Waals surface area contributed by atoms with E-state index >= 15 is 0 Å². The fourth-order valence-electron chi connectivity index (χ4n) is 4.13. The van der Waals surface area contributed by atoms with Crippen LogP contribution in [0.4, 0.5) is 10.5 Å². The predicted molar refractivity (Wildman–Crippen MR) is 125 cm³/mol. The summed E-state index contributed by atoms with van der Waals surface area (Å²) in [6, 6.07) is 10.0. The predicted octanol–water partition coefficient (Wildman–Crippen LogP) is 5.42. The summed E-state index contributed by atoms with van der Waals surface area (Å²) in [5.41, 5.74) is 5.75. The van der Waals surface area contributed by atoms with Crippen LogP contribution in [0, 0.1) is 13.8 Å². The average molecular weight is 423 g/mol. The number of thiophene rings is 1. The Bertz CT molecular complexity index is 1040. The smallest absolute Gasteiger partial charge is 0.319 e. The third-order valence-corrected chi connectivity index (χ3v) is 7.06. The molecule has 3 heterocycles. The molecule has 0 bridgehead atoms. The number of fused-ring (bicyclic) bond motifs is 1. The Morgan fingerprint density at radius 2 is 2.00 bits per heavy atom. The molecule has 2 aromatic heterocycles. The summed E-state index contributed by atoms with van der Waals surface area (Å²) in [7, 11) is 2.17. The van der Waals surface area contributed by atoms with E-state index in [2.05, 4.69) is 64.7 Å². The molecule has 3 aromatic rings. The van der Waals surface area contributed by atoms with Crippen molar-refractivity contribution in [2.24, 2.45) is 0 Å². The largest absolute Gasteiger partial charge is 0.331 e. The summed E-state index contributed by atoms with van der Waals surface area (Å²) < 4.78 is 2.19. The molecule has 6 heteroatoms. The summed E-state index contributed by atoms with van der Waals surface area (Å²) in [4.78, 5) is 16.7. The van der Waals surface area contributed by atoms with Gasteiger partial charge >= 0.3 is 6.03 Å². The number of aryl methyl sites for hydroxylation is 2. The summed E-state index contributed by atoms with van der Waals surface area (Å²) in [5, 5.41) is 7.54. The van der Waals surface area contributed by atoms with Gasteiger partial charge in [0.2, 0.25) is 0 Å². The number of anilines is 1. The number of carbonyl (C=O) groups excluding carboxylic acids is 1. The number of nitrogens with zero attached hydrogens (tertiary/aromatic N) is 2. The lowest BCUT2D eigenvalue weighted by atomic mass is 9.96. The summed E-state index contributed by atoms with van der Waals surface area (Å²) in [6.45, 7) is 8.21. The SMILES string of the molecule is CC[C@@H](NC(=O)Nc1cc(C)ccc1C)c1c(-n2cccc2)sc2c1CCN(C)C2. The van der Waals surface area contributed by atoms with Crippen molar-refractivity contribution in [2.75, 3.05) is 18.9 Å². The molecule has 0 spiro atoms. The van der Waals surface area contributed by atoms with Gasteiger partial charge in [0, 0.05) is 41.6 Å². The van der Waals surface area contributed by atoms with Crippen LogP contribution >= 0.6 is 11.3 Å². The molecule has 2 N–H and O–H groups in total. The number of nitrogens with one attached hydrogen (secondary N) is 2. The number of carbonyl (C=O) groups is 1. The van der Waals surface area contributed by atoms with Crippen molar-refractivity contribution in [1.82, 2.24) is 14.8 Å². The molecule has 0 saturated heterocycles. The van der Waals surface area contributed by atoms with E-state index in [0.29, 0.717) is 0 Å². The maximum Gasteiger partial charge on any atom is 0.319 e. The lowest BCUT2D eigenvalue weighted by molar-refractivity contribution is 0.248. The van der Waals surface area contributed by atoms with E-state index in [1.807, 2.05) is 37.3 Å². The molecule has 0 radical (unpaired) electrons. The molecule has 0 aliphatic carbocycles. The summed E-state index contributed by atoms with van der Waals surface area (Å²) >= 11 is 1.85. The summed E-state index contributed by atoms with van der Waals surface area (Å²) in [5.74, 6) is 0. The van der Waals surface area contributed by atoms with Crippen LogP contribution in [0.1, 0.15) is 46.5 Å². The fourth-order valence-corrected chi connectivity index (χ4v) is 5.58. The molecular formula is C24H30N4OS. The molecule has 1 atom stereocenters. The van der Waals surface area contributed by atoms with Gasteiger partial charge in [0.05, 0.1) is 6.04 Å². The number of hydrogen-bond acceptors (Lipinski definition) is 3. The minimum absolute atomic E-state index is 0.0316. The van der Waals surface area contributed by atoms with Crippen molar-refractivity contribution in [2.45, 2.75) is 46.2 Å². The van der Waals surface area contributed by atoms with Crippen LogP contribution in [0.3, 0.4) is 0 Å². The average Bonchev–Trinajstić information content (AvgIpc) is 3.36. The summed E-state index contributed by atoms with van der Waals surface area (Å²) in [6.07, 6.45) is 6.05. The van der Waals surface area contributed by atoms with Crippen molar-refractivity contribution >= 4 is 23.1 Å². The van der Waals surface area contributed by atoms with Crippen molar-refractivity contribution < 1.29 is 4.79 Å². The second-order valence-electron chi connectivity index (χ2n) is 8.18. The molecule has 30 heavy (non-hydrogen) atoms. The molecule has 1 aliphatic heterocycles. The lowest BCUT2D eigenvalue weighted by Gasteiger charge is -2.25. The van der Waals surface area contributed by atoms with E-state index in [-0.39, 0.29) is 12.1 Å². The van der Waals surface area contributed by atoms with Gasteiger partial charge in [-0.25, -0.2) is 4.79 Å². The van der Waals surface area contributed by atoms with Gasteiger partial charge in [0.25, 0.3) is 0 Å². The van der Waals surface area contributed by atoms with Crippen LogP contribution in [-0.4, -0.2) is 29.1 Å². The molecule has 5 nitrogen and oxygen atoms in total. The molecule has 0 fully saturated rings. The van der Waals surface area contributed by atoms with Crippen molar-refractivity contribution in [1.29, 1.82) is 0 Å². The Kier molecular flexibility index (Phi) is 5.97. The Labute approximate surface area is 182 Å². The number of likely N-dealkylation sites (N-methyl/N-ethyl adjacent to an activating group) is 1. The maximum absolute atomic E-state index is 12.9. The van der Waals surface area contributed by atoms with Gasteiger partial charge in [-0.3, -0.25) is 0 Å². The first-order valence-electron chi connectivity index (χ1n) is 10.6. The monoisotopic (exact) mass is 422 g/mol. The van der Waals surface area contributed by atoms with Crippen LogP contribution in [-0.2, 0) is 13.0 Å². The van der Waals surface area contributed by atoms with Gasteiger partial charge in [-0.2, -0.15) is 0 Å². The molecule has 1 aliphatic rings. The van der Waals surface area contributed by atoms with E-state index in [1.54, 1.807) is 0 Å². The minimum Gasteiger partial charge on any atom is -0.331 e. The second-order valence-corrected chi connectivity index (χ2v) is 9.26. The third-order valence-electron chi connectivity index (χ3n) is 5.81. The number of aromatic nitrogens is 1. The van der Waals surface area contributed by atoms with Crippen molar-refractivity contribution in [3.63, 3.8) is 0 Å². The molecule has 0 unspecified atom stereocenters. The Morgan fingerprint density at radius 3 is 2.73 bits per heavy atom. The first kappa shape index (κ1) is 20.7. The van der Waals surface area contributed by atoms with Crippen LogP contribution < -0.4 is 10.6 Å². The van der Waals surface area contributed by atoms with Gasteiger partial charge in [-0.05, 0) is 68.6 Å². The highest BCUT2D eigenvalue weighted by atomic mass is 32.1. The molecule has 4 rings (SSSR count). The zero-order valence-corrected chi connectivity index (χ0v) is 19.0. The molecule has 0 saturated carbocycles. The number of amides is 2. The Morgan fingerprint density at radius 1 is 1.23 bits per heavy atom. The zero-order valence-electron chi connectivity index (χ0n) is 18.2. The fraction of sp³-hybridized carbons (Fsp3) is 0.375. The second kappa shape index (κ2) is 8.66. The van der Waals surface area contributed by atoms with Gasteiger partial charge in [0.15, 0.2) is 0 Å². The normalized spacial score (nSPS) is 14.9. The highest BCUT2D eigenvalue weighted by Crippen LogP contribution is 2.40. The van der Waals surface area contributed by atoms with E-state index in [4.69, 9.17) is 0 Å². The molecule has 158 valence electrons. The number of benzene rings is 1. The van der Waals surface area contributed by atoms with Crippen LogP contribution in [0.15, 0.2) is 42.7 Å². The maximum atomic E-state index is 12.9. The minimum atomic E-state index is -0.151. The first-order chi connectivity index (χ1) is 14.5. The Balaban J connectivity index is 1.64. The van der Waals surface area contributed by atoms with Gasteiger partial charge in [-0.1, -0.05) is 19.1 Å². The van der Waals surface area contributed by atoms with E-state index in [1.165, 1.54) is 21.0 Å². The quantitative estimate of drug-likeness (QED) is 0.577. The first-order valence-corrected chi connectivity index (χ1v) is 11.4. The molecule has 1 aromatic carbocycles. The van der Waals surface area contributed by atoms with Crippen LogP contribution in [0.5, 0.6) is 0 Å². The van der Waals surface area contributed by atoms with Gasteiger partial charge in [0.1, 0.15) is 5.00 Å². The Hall–Kier alpha value is -2.57. The van der Waals surface area contributed by atoms with Gasteiger partial charge in [-0.15, -0.1) is 11.3 Å². The number of urea groups is 1. The highest BCUT2D eigenvalue weighted by Gasteiger charge is 2.28. The number of hydrogen-bond donors (Lipinski definition) is 2. The van der Waals surface area contributed by atoms with Crippen LogP contribution in [0.2, 0.25) is 0 Å². The van der Waals surface area contributed by atoms with E-state index in [0.717, 1.165) is 42.7 Å². The third kappa shape index (κ3) is 4.16. The zero-order chi connectivity index (χ0) is 21.3. The number of rotatable bonds is 5. The molecular weight excluding hydrogens is 392 g/mol. The van der Waals surface area contributed by atoms with Crippen molar-refractivity contribution in [3.05, 3.63) is 69.9 Å². The lowest BCUT2D eigenvalue weighted by Crippen LogP contribution is -2.34. The highest BCUT2D eigenvalue weighted by molar-refractivity contribution is 7.15. The molecule has 2 amide bonds. The van der Waals surface area contributed by atoms with Gasteiger partial charge < -0.3 is 20.1 Å². The van der Waals surface area contributed by atoms with E-state index in [9.17, 15) is 4.79 Å². The van der Waals surface area contributed by atoms with E-state index < -0.39 is 0 Å².